The highest BCUT2D eigenvalue weighted by Crippen LogP contribution is 2.38. The molecule has 1 heterocycles. The molecule has 3 rings (SSSR count). The van der Waals surface area contributed by atoms with Crippen molar-refractivity contribution in [2.75, 3.05) is 38.0 Å². The minimum absolute atomic E-state index is 0.0463. The van der Waals surface area contributed by atoms with Gasteiger partial charge in [0.05, 0.1) is 12.8 Å². The van der Waals surface area contributed by atoms with Crippen LogP contribution in [0, 0.1) is 12.8 Å². The minimum atomic E-state index is -0.389. The average Bonchev–Trinajstić information content (AvgIpc) is 3.04. The van der Waals surface area contributed by atoms with Gasteiger partial charge in [0.25, 0.3) is 11.8 Å². The molecule has 0 fully saturated rings. The van der Waals surface area contributed by atoms with Crippen molar-refractivity contribution >= 4 is 40.9 Å². The third-order valence-corrected chi connectivity index (χ3v) is 6.51. The second-order valence-electron chi connectivity index (χ2n) is 8.91. The number of carbonyl (C=O) groups is 3. The van der Waals surface area contributed by atoms with Crippen LogP contribution >= 0.6 is 11.8 Å². The number of nitrogens with zero attached hydrogens (tertiary/aromatic N) is 1. The maximum atomic E-state index is 13.3. The van der Waals surface area contributed by atoms with Crippen molar-refractivity contribution in [2.24, 2.45) is 5.92 Å². The molecule has 0 saturated carbocycles. The molecule has 1 aliphatic rings. The van der Waals surface area contributed by atoms with Crippen molar-refractivity contribution in [3.05, 3.63) is 58.6 Å². The molecule has 0 unspecified atom stereocenters. The molecule has 8 nitrogen and oxygen atoms in total. The summed E-state index contributed by atoms with van der Waals surface area (Å²) in [5.74, 6) is 0.0405. The SMILES string of the molecule is COCCCN1C(=O)C(Nc2cc(C)ccc2OC)=C(Sc2ccc(NC(=O)CC(C)C)cc2)C1=O. The summed E-state index contributed by atoms with van der Waals surface area (Å²) < 4.78 is 10.5. The Morgan fingerprint density at radius 2 is 1.78 bits per heavy atom. The predicted octanol–water partition coefficient (Wildman–Crippen LogP) is 4.81. The van der Waals surface area contributed by atoms with Crippen molar-refractivity contribution in [1.29, 1.82) is 0 Å². The number of carbonyl (C=O) groups excluding carboxylic acids is 3. The topological polar surface area (TPSA) is 97.0 Å². The molecular weight excluding hydrogens is 478 g/mol. The van der Waals surface area contributed by atoms with Gasteiger partial charge < -0.3 is 20.1 Å². The zero-order valence-electron chi connectivity index (χ0n) is 21.3. The first-order valence-electron chi connectivity index (χ1n) is 11.8. The van der Waals surface area contributed by atoms with Crippen LogP contribution in [0.5, 0.6) is 5.75 Å². The van der Waals surface area contributed by atoms with Gasteiger partial charge in [0.15, 0.2) is 0 Å². The van der Waals surface area contributed by atoms with Gasteiger partial charge in [0.2, 0.25) is 5.91 Å². The Kier molecular flexibility index (Phi) is 9.55. The molecule has 1 aliphatic heterocycles. The van der Waals surface area contributed by atoms with E-state index in [9.17, 15) is 14.4 Å². The van der Waals surface area contributed by atoms with Crippen LogP contribution in [-0.2, 0) is 19.1 Å². The first kappa shape index (κ1) is 27.3. The average molecular weight is 512 g/mol. The van der Waals surface area contributed by atoms with Gasteiger partial charge in [-0.3, -0.25) is 19.3 Å². The van der Waals surface area contributed by atoms with Gasteiger partial charge in [0, 0.05) is 37.3 Å². The van der Waals surface area contributed by atoms with Crippen molar-refractivity contribution in [1.82, 2.24) is 4.90 Å². The monoisotopic (exact) mass is 511 g/mol. The number of methoxy groups -OCH3 is 2. The Morgan fingerprint density at radius 1 is 1.06 bits per heavy atom. The lowest BCUT2D eigenvalue weighted by molar-refractivity contribution is -0.137. The van der Waals surface area contributed by atoms with Crippen LogP contribution in [-0.4, -0.2) is 50.0 Å². The molecule has 0 radical (unpaired) electrons. The highest BCUT2D eigenvalue weighted by Gasteiger charge is 2.39. The number of anilines is 2. The van der Waals surface area contributed by atoms with Crippen LogP contribution in [0.15, 0.2) is 58.0 Å². The summed E-state index contributed by atoms with van der Waals surface area (Å²) in [6.07, 6.45) is 0.980. The van der Waals surface area contributed by atoms with Crippen LogP contribution in [0.3, 0.4) is 0 Å². The first-order valence-corrected chi connectivity index (χ1v) is 12.6. The summed E-state index contributed by atoms with van der Waals surface area (Å²) in [5.41, 5.74) is 2.48. The fourth-order valence-electron chi connectivity index (χ4n) is 3.69. The standard InChI is InChI=1S/C27H33N3O5S/c1-17(2)15-23(31)28-19-8-10-20(11-9-19)36-25-24(26(32)30(27(25)33)13-6-14-34-4)29-21-16-18(3)7-12-22(21)35-5/h7-12,16-17,29H,6,13-15H2,1-5H3,(H,28,31). The van der Waals surface area contributed by atoms with Gasteiger partial charge in [-0.2, -0.15) is 0 Å². The zero-order valence-corrected chi connectivity index (χ0v) is 22.2. The van der Waals surface area contributed by atoms with Crippen LogP contribution in [0.25, 0.3) is 0 Å². The Morgan fingerprint density at radius 3 is 2.42 bits per heavy atom. The number of aryl methyl sites for hydroxylation is 1. The summed E-state index contributed by atoms with van der Waals surface area (Å²) in [5, 5.41) is 6.04. The molecule has 0 aromatic heterocycles. The smallest absolute Gasteiger partial charge is 0.278 e. The molecular formula is C27H33N3O5S. The van der Waals surface area contributed by atoms with Crippen LogP contribution < -0.4 is 15.4 Å². The van der Waals surface area contributed by atoms with E-state index in [1.807, 2.05) is 51.1 Å². The molecule has 2 aromatic rings. The molecule has 0 saturated heterocycles. The number of amides is 3. The molecule has 3 amide bonds. The fraction of sp³-hybridized carbons (Fsp3) is 0.370. The van der Waals surface area contributed by atoms with Gasteiger partial charge in [-0.1, -0.05) is 31.7 Å². The van der Waals surface area contributed by atoms with Crippen LogP contribution in [0.1, 0.15) is 32.3 Å². The van der Waals surface area contributed by atoms with Gasteiger partial charge in [-0.05, 0) is 61.2 Å². The summed E-state index contributed by atoms with van der Waals surface area (Å²) in [4.78, 5) is 41.0. The lowest BCUT2D eigenvalue weighted by Gasteiger charge is -2.15. The molecule has 2 N–H and O–H groups in total. The van der Waals surface area contributed by atoms with Crippen molar-refractivity contribution in [3.63, 3.8) is 0 Å². The van der Waals surface area contributed by atoms with E-state index in [0.29, 0.717) is 41.5 Å². The van der Waals surface area contributed by atoms with Gasteiger partial charge in [0.1, 0.15) is 16.4 Å². The van der Waals surface area contributed by atoms with E-state index in [1.165, 1.54) is 16.7 Å². The lowest BCUT2D eigenvalue weighted by atomic mass is 10.1. The number of hydrogen-bond acceptors (Lipinski definition) is 7. The number of nitrogens with one attached hydrogen (secondary N) is 2. The zero-order chi connectivity index (χ0) is 26.2. The second-order valence-corrected chi connectivity index (χ2v) is 10.00. The fourth-order valence-corrected chi connectivity index (χ4v) is 4.64. The molecule has 0 spiro atoms. The van der Waals surface area contributed by atoms with Crippen molar-refractivity contribution in [3.8, 4) is 5.75 Å². The molecule has 0 aliphatic carbocycles. The Labute approximate surface area is 216 Å². The second kappa shape index (κ2) is 12.6. The van der Waals surface area contributed by atoms with E-state index < -0.39 is 0 Å². The molecule has 9 heteroatoms. The summed E-state index contributed by atoms with van der Waals surface area (Å²) >= 11 is 1.21. The predicted molar refractivity (Wildman–Crippen MR) is 142 cm³/mol. The summed E-state index contributed by atoms with van der Waals surface area (Å²) in [7, 11) is 3.14. The maximum Gasteiger partial charge on any atom is 0.278 e. The van der Waals surface area contributed by atoms with Crippen molar-refractivity contribution in [2.45, 2.75) is 38.5 Å². The van der Waals surface area contributed by atoms with Gasteiger partial charge in [-0.15, -0.1) is 0 Å². The van der Waals surface area contributed by atoms with E-state index in [4.69, 9.17) is 9.47 Å². The summed E-state index contributed by atoms with van der Waals surface area (Å²) in [6.45, 7) is 6.62. The van der Waals surface area contributed by atoms with E-state index in [2.05, 4.69) is 10.6 Å². The van der Waals surface area contributed by atoms with Crippen LogP contribution in [0.4, 0.5) is 11.4 Å². The van der Waals surface area contributed by atoms with Crippen molar-refractivity contribution < 1.29 is 23.9 Å². The number of hydrogen-bond donors (Lipinski definition) is 2. The minimum Gasteiger partial charge on any atom is -0.495 e. The molecule has 36 heavy (non-hydrogen) atoms. The number of benzene rings is 2. The summed E-state index contributed by atoms with van der Waals surface area (Å²) in [6, 6.07) is 12.8. The van der Waals surface area contributed by atoms with Crippen LogP contribution in [0.2, 0.25) is 0 Å². The molecule has 0 atom stereocenters. The number of thioether (sulfide) groups is 1. The Bertz CT molecular complexity index is 1140. The van der Waals surface area contributed by atoms with E-state index in [1.54, 1.807) is 26.4 Å². The first-order chi connectivity index (χ1) is 17.2. The third-order valence-electron chi connectivity index (χ3n) is 5.42. The van der Waals surface area contributed by atoms with E-state index in [0.717, 1.165) is 10.5 Å². The third kappa shape index (κ3) is 6.89. The highest BCUT2D eigenvalue weighted by molar-refractivity contribution is 8.04. The number of ether oxygens (including phenoxy) is 2. The van der Waals surface area contributed by atoms with Gasteiger partial charge in [-0.25, -0.2) is 0 Å². The quantitative estimate of drug-likeness (QED) is 0.312. The Hall–Kier alpha value is -3.30. The Balaban J connectivity index is 1.87. The van der Waals surface area contributed by atoms with E-state index in [-0.39, 0.29) is 35.9 Å². The van der Waals surface area contributed by atoms with E-state index >= 15 is 0 Å². The number of rotatable bonds is 12. The maximum absolute atomic E-state index is 13.3. The molecule has 2 aromatic carbocycles. The normalized spacial score (nSPS) is 13.6. The lowest BCUT2D eigenvalue weighted by Crippen LogP contribution is -2.33. The molecule has 192 valence electrons. The molecule has 0 bridgehead atoms. The van der Waals surface area contributed by atoms with Gasteiger partial charge >= 0.3 is 0 Å². The highest BCUT2D eigenvalue weighted by atomic mass is 32.2. The largest absolute Gasteiger partial charge is 0.495 e. The number of imide groups is 1.